The summed E-state index contributed by atoms with van der Waals surface area (Å²) in [7, 11) is 5.40. The Morgan fingerprint density at radius 2 is 1.69 bits per heavy atom. The molecular formula is C23H29NO5. The minimum atomic E-state index is -0.840. The Morgan fingerprint density at radius 3 is 2.31 bits per heavy atom. The number of likely N-dealkylation sites (N-methyl/N-ethyl adjacent to an activating group) is 1. The summed E-state index contributed by atoms with van der Waals surface area (Å²) in [6, 6.07) is 15.8. The maximum Gasteiger partial charge on any atom is 0.374 e. The molecule has 0 aromatic heterocycles. The summed E-state index contributed by atoms with van der Waals surface area (Å²) in [5.41, 5.74) is 2.28. The lowest BCUT2D eigenvalue weighted by Gasteiger charge is -2.22. The molecule has 2 aromatic rings. The van der Waals surface area contributed by atoms with E-state index in [-0.39, 0.29) is 6.61 Å². The highest BCUT2D eigenvalue weighted by Crippen LogP contribution is 2.21. The molecule has 0 unspecified atom stereocenters. The van der Waals surface area contributed by atoms with Crippen molar-refractivity contribution in [1.29, 1.82) is 0 Å². The quantitative estimate of drug-likeness (QED) is 0.428. The summed E-state index contributed by atoms with van der Waals surface area (Å²) < 4.78 is 16.4. The van der Waals surface area contributed by atoms with Gasteiger partial charge in [0.2, 0.25) is 5.78 Å². The van der Waals surface area contributed by atoms with Gasteiger partial charge in [0.1, 0.15) is 24.2 Å². The lowest BCUT2D eigenvalue weighted by atomic mass is 10.0. The van der Waals surface area contributed by atoms with Crippen LogP contribution < -0.4 is 9.47 Å². The van der Waals surface area contributed by atoms with Crippen LogP contribution >= 0.6 is 0 Å². The average molecular weight is 399 g/mol. The van der Waals surface area contributed by atoms with E-state index in [1.54, 1.807) is 7.11 Å². The number of ketones is 1. The van der Waals surface area contributed by atoms with Crippen molar-refractivity contribution in [2.75, 3.05) is 34.4 Å². The molecule has 1 atom stereocenters. The standard InChI is InChI=1S/C23H29NO5/c1-17(25)23(26)29-21(15-24(2)3)16-28-22-8-6-5-7-19(22)12-9-18-10-13-20(27-4)14-11-18/h5-8,10-11,13-14,21H,9,12,15-16H2,1-4H3/t21-/m0/s1. The summed E-state index contributed by atoms with van der Waals surface area (Å²) in [6.07, 6.45) is 1.15. The SMILES string of the molecule is COc1ccc(CCc2ccccc2OC[C@H](CN(C)C)OC(=O)C(C)=O)cc1. The van der Waals surface area contributed by atoms with Crippen LogP contribution in [0.3, 0.4) is 0 Å². The van der Waals surface area contributed by atoms with Gasteiger partial charge in [-0.05, 0) is 56.3 Å². The van der Waals surface area contributed by atoms with E-state index < -0.39 is 17.9 Å². The number of aryl methyl sites for hydroxylation is 2. The van der Waals surface area contributed by atoms with E-state index >= 15 is 0 Å². The van der Waals surface area contributed by atoms with Crippen molar-refractivity contribution in [2.45, 2.75) is 25.9 Å². The topological polar surface area (TPSA) is 65.1 Å². The Kier molecular flexibility index (Phi) is 8.68. The van der Waals surface area contributed by atoms with Gasteiger partial charge in [0.15, 0.2) is 0 Å². The van der Waals surface area contributed by atoms with Gasteiger partial charge < -0.3 is 19.1 Å². The molecule has 0 N–H and O–H groups in total. The fourth-order valence-corrected chi connectivity index (χ4v) is 2.87. The molecule has 0 spiro atoms. The zero-order valence-electron chi connectivity index (χ0n) is 17.5. The van der Waals surface area contributed by atoms with Gasteiger partial charge in [-0.1, -0.05) is 30.3 Å². The van der Waals surface area contributed by atoms with Crippen molar-refractivity contribution < 1.29 is 23.8 Å². The number of hydrogen-bond donors (Lipinski definition) is 0. The molecule has 6 nitrogen and oxygen atoms in total. The molecule has 0 amide bonds. The molecule has 0 aliphatic heterocycles. The zero-order chi connectivity index (χ0) is 21.2. The third-order valence-electron chi connectivity index (χ3n) is 4.37. The lowest BCUT2D eigenvalue weighted by molar-refractivity contribution is -0.158. The van der Waals surface area contributed by atoms with Crippen molar-refractivity contribution in [1.82, 2.24) is 4.90 Å². The van der Waals surface area contributed by atoms with Crippen LogP contribution in [0.25, 0.3) is 0 Å². The summed E-state index contributed by atoms with van der Waals surface area (Å²) >= 11 is 0. The van der Waals surface area contributed by atoms with Crippen molar-refractivity contribution in [3.8, 4) is 11.5 Å². The summed E-state index contributed by atoms with van der Waals surface area (Å²) in [5, 5.41) is 0. The van der Waals surface area contributed by atoms with Gasteiger partial charge in [-0.2, -0.15) is 0 Å². The highest BCUT2D eigenvalue weighted by Gasteiger charge is 2.20. The molecule has 0 bridgehead atoms. The van der Waals surface area contributed by atoms with E-state index in [0.29, 0.717) is 6.54 Å². The number of hydrogen-bond acceptors (Lipinski definition) is 6. The minimum absolute atomic E-state index is 0.177. The largest absolute Gasteiger partial charge is 0.497 e. The second kappa shape index (κ2) is 11.2. The molecule has 0 heterocycles. The van der Waals surface area contributed by atoms with Crippen molar-refractivity contribution in [3.63, 3.8) is 0 Å². The molecule has 0 fully saturated rings. The van der Waals surface area contributed by atoms with Gasteiger partial charge in [0.25, 0.3) is 0 Å². The first kappa shape index (κ1) is 22.4. The Hall–Kier alpha value is -2.86. The van der Waals surface area contributed by atoms with E-state index in [9.17, 15) is 9.59 Å². The smallest absolute Gasteiger partial charge is 0.374 e. The lowest BCUT2D eigenvalue weighted by Crippen LogP contribution is -2.36. The summed E-state index contributed by atoms with van der Waals surface area (Å²) in [6.45, 7) is 1.84. The van der Waals surface area contributed by atoms with E-state index in [1.807, 2.05) is 55.4 Å². The molecule has 2 rings (SSSR count). The fraction of sp³-hybridized carbons (Fsp3) is 0.391. The molecule has 0 aliphatic rings. The number of benzene rings is 2. The number of carbonyl (C=O) groups excluding carboxylic acids is 2. The van der Waals surface area contributed by atoms with Crippen LogP contribution in [-0.2, 0) is 27.2 Å². The molecule has 29 heavy (non-hydrogen) atoms. The Balaban J connectivity index is 2.00. The third-order valence-corrected chi connectivity index (χ3v) is 4.37. The minimum Gasteiger partial charge on any atom is -0.497 e. The number of ether oxygens (including phenoxy) is 3. The van der Waals surface area contributed by atoms with Gasteiger partial charge in [-0.15, -0.1) is 0 Å². The second-order valence-electron chi connectivity index (χ2n) is 7.11. The molecule has 156 valence electrons. The van der Waals surface area contributed by atoms with Crippen LogP contribution in [0, 0.1) is 0 Å². The van der Waals surface area contributed by atoms with Gasteiger partial charge in [-0.3, -0.25) is 4.79 Å². The summed E-state index contributed by atoms with van der Waals surface area (Å²) in [5.74, 6) is 0.134. The number of rotatable bonds is 11. The molecule has 0 aliphatic carbocycles. The van der Waals surface area contributed by atoms with Crippen LogP contribution in [0.5, 0.6) is 11.5 Å². The van der Waals surface area contributed by atoms with Gasteiger partial charge in [-0.25, -0.2) is 4.79 Å². The number of methoxy groups -OCH3 is 1. The van der Waals surface area contributed by atoms with Gasteiger partial charge >= 0.3 is 5.97 Å². The van der Waals surface area contributed by atoms with Crippen molar-refractivity contribution >= 4 is 11.8 Å². The van der Waals surface area contributed by atoms with Gasteiger partial charge in [0, 0.05) is 13.5 Å². The molecule has 2 aromatic carbocycles. The second-order valence-corrected chi connectivity index (χ2v) is 7.11. The van der Waals surface area contributed by atoms with Crippen LogP contribution in [0.4, 0.5) is 0 Å². The third kappa shape index (κ3) is 7.58. The highest BCUT2D eigenvalue weighted by molar-refractivity contribution is 6.32. The maximum atomic E-state index is 11.7. The monoisotopic (exact) mass is 399 g/mol. The predicted molar refractivity (Wildman–Crippen MR) is 111 cm³/mol. The first-order valence-electron chi connectivity index (χ1n) is 9.59. The molecule has 0 saturated heterocycles. The Morgan fingerprint density at radius 1 is 1.00 bits per heavy atom. The Bertz CT molecular complexity index is 801. The van der Waals surface area contributed by atoms with Crippen molar-refractivity contribution in [2.24, 2.45) is 0 Å². The van der Waals surface area contributed by atoms with E-state index in [0.717, 1.165) is 29.9 Å². The number of para-hydroxylation sites is 1. The highest BCUT2D eigenvalue weighted by atomic mass is 16.6. The van der Waals surface area contributed by atoms with Crippen LogP contribution in [0.2, 0.25) is 0 Å². The number of nitrogens with zero attached hydrogens (tertiary/aromatic N) is 1. The summed E-state index contributed by atoms with van der Waals surface area (Å²) in [4.78, 5) is 24.8. The molecular weight excluding hydrogens is 370 g/mol. The predicted octanol–water partition coefficient (Wildman–Crippen LogP) is 2.92. The fourth-order valence-electron chi connectivity index (χ4n) is 2.87. The van der Waals surface area contributed by atoms with Crippen LogP contribution in [-0.4, -0.2) is 57.1 Å². The molecule has 6 heteroatoms. The number of carbonyl (C=O) groups is 2. The van der Waals surface area contributed by atoms with E-state index in [2.05, 4.69) is 12.1 Å². The molecule has 0 saturated carbocycles. The Labute approximate surface area is 172 Å². The van der Waals surface area contributed by atoms with E-state index in [4.69, 9.17) is 14.2 Å². The van der Waals surface area contributed by atoms with E-state index in [1.165, 1.54) is 12.5 Å². The maximum absolute atomic E-state index is 11.7. The van der Waals surface area contributed by atoms with Crippen molar-refractivity contribution in [3.05, 3.63) is 59.7 Å². The zero-order valence-corrected chi connectivity index (χ0v) is 17.5. The molecule has 0 radical (unpaired) electrons. The van der Waals surface area contributed by atoms with Crippen LogP contribution in [0.1, 0.15) is 18.1 Å². The van der Waals surface area contributed by atoms with Crippen LogP contribution in [0.15, 0.2) is 48.5 Å². The number of Topliss-reactive ketones (excluding diaryl/α,β-unsaturated/α-hetero) is 1. The first-order chi connectivity index (χ1) is 13.9. The average Bonchev–Trinajstić information content (AvgIpc) is 2.71. The first-order valence-corrected chi connectivity index (χ1v) is 9.59. The van der Waals surface area contributed by atoms with Gasteiger partial charge in [0.05, 0.1) is 7.11 Å². The number of esters is 1. The normalized spacial score (nSPS) is 11.8.